The number of ketones is 1. The van der Waals surface area contributed by atoms with Crippen LogP contribution in [-0.4, -0.2) is 12.4 Å². The highest BCUT2D eigenvalue weighted by Crippen LogP contribution is 2.14. The Morgan fingerprint density at radius 1 is 1.05 bits per heavy atom. The molecule has 0 fully saturated rings. The molecule has 0 saturated heterocycles. The second-order valence-electron chi connectivity index (χ2n) is 5.05. The highest BCUT2D eigenvalue weighted by Gasteiger charge is 2.00. The summed E-state index contributed by atoms with van der Waals surface area (Å²) in [6.45, 7) is 4.56. The van der Waals surface area contributed by atoms with Gasteiger partial charge in [0.2, 0.25) is 0 Å². The van der Waals surface area contributed by atoms with Crippen molar-refractivity contribution >= 4 is 5.78 Å². The maximum Gasteiger partial charge on any atom is 0.159 e. The summed E-state index contributed by atoms with van der Waals surface area (Å²) in [7, 11) is 0. The Labute approximate surface area is 117 Å². The lowest BCUT2D eigenvalue weighted by molar-refractivity contribution is 0.101. The Bertz CT molecular complexity index is 371. The summed E-state index contributed by atoms with van der Waals surface area (Å²) in [4.78, 5) is 11.2. The number of hydrogen-bond acceptors (Lipinski definition) is 2. The molecule has 0 aromatic heterocycles. The average molecular weight is 262 g/mol. The first-order valence-corrected chi connectivity index (χ1v) is 7.48. The van der Waals surface area contributed by atoms with E-state index >= 15 is 0 Å². The first-order valence-electron chi connectivity index (χ1n) is 7.48. The van der Waals surface area contributed by atoms with Crippen LogP contribution in [-0.2, 0) is 0 Å². The molecule has 0 saturated carbocycles. The maximum absolute atomic E-state index is 11.2. The van der Waals surface area contributed by atoms with Crippen LogP contribution in [0, 0.1) is 0 Å². The molecular formula is C17H26O2. The average Bonchev–Trinajstić information content (AvgIpc) is 2.42. The zero-order chi connectivity index (χ0) is 13.9. The molecular weight excluding hydrogens is 236 g/mol. The zero-order valence-electron chi connectivity index (χ0n) is 12.3. The number of rotatable bonds is 10. The molecule has 0 N–H and O–H groups in total. The highest BCUT2D eigenvalue weighted by atomic mass is 16.5. The second-order valence-corrected chi connectivity index (χ2v) is 5.05. The van der Waals surface area contributed by atoms with Gasteiger partial charge in [-0.3, -0.25) is 4.79 Å². The molecule has 2 heteroatoms. The molecule has 1 aromatic rings. The molecule has 0 heterocycles. The molecule has 1 aromatic carbocycles. The Hall–Kier alpha value is -1.31. The molecule has 2 nitrogen and oxygen atoms in total. The summed E-state index contributed by atoms with van der Waals surface area (Å²) in [5.74, 6) is 0.889. The van der Waals surface area contributed by atoms with E-state index in [1.807, 2.05) is 24.3 Å². The smallest absolute Gasteiger partial charge is 0.159 e. The van der Waals surface area contributed by atoms with Crippen LogP contribution in [0.4, 0.5) is 0 Å². The highest BCUT2D eigenvalue weighted by molar-refractivity contribution is 5.94. The van der Waals surface area contributed by atoms with Crippen LogP contribution in [0.15, 0.2) is 24.3 Å². The fourth-order valence-corrected chi connectivity index (χ4v) is 2.05. The molecule has 0 bridgehead atoms. The van der Waals surface area contributed by atoms with Crippen LogP contribution in [0.25, 0.3) is 0 Å². The summed E-state index contributed by atoms with van der Waals surface area (Å²) in [6.07, 6.45) is 8.99. The van der Waals surface area contributed by atoms with Crippen molar-refractivity contribution in [2.45, 2.75) is 58.8 Å². The van der Waals surface area contributed by atoms with Crippen molar-refractivity contribution in [3.8, 4) is 5.75 Å². The van der Waals surface area contributed by atoms with Crippen molar-refractivity contribution in [2.24, 2.45) is 0 Å². The van der Waals surface area contributed by atoms with Gasteiger partial charge in [0.1, 0.15) is 5.75 Å². The lowest BCUT2D eigenvalue weighted by atomic mass is 10.1. The van der Waals surface area contributed by atoms with Gasteiger partial charge in [-0.05, 0) is 25.5 Å². The third kappa shape index (κ3) is 7.00. The van der Waals surface area contributed by atoms with E-state index in [1.54, 1.807) is 6.92 Å². The van der Waals surface area contributed by atoms with Crippen LogP contribution in [0.2, 0.25) is 0 Å². The van der Waals surface area contributed by atoms with Gasteiger partial charge in [-0.15, -0.1) is 0 Å². The molecule has 0 aliphatic carbocycles. The van der Waals surface area contributed by atoms with Crippen LogP contribution < -0.4 is 4.74 Å². The molecule has 0 unspecified atom stereocenters. The zero-order valence-corrected chi connectivity index (χ0v) is 12.3. The molecule has 1 rings (SSSR count). The molecule has 0 aliphatic heterocycles. The number of Topliss-reactive ketones (excluding diaryl/α,β-unsaturated/α-hetero) is 1. The number of unbranched alkanes of at least 4 members (excludes halogenated alkanes) is 6. The summed E-state index contributed by atoms with van der Waals surface area (Å²) in [5.41, 5.74) is 0.720. The summed E-state index contributed by atoms with van der Waals surface area (Å²) >= 11 is 0. The topological polar surface area (TPSA) is 26.3 Å². The van der Waals surface area contributed by atoms with Crippen LogP contribution in [0.1, 0.15) is 69.2 Å². The van der Waals surface area contributed by atoms with Gasteiger partial charge in [0, 0.05) is 5.56 Å². The monoisotopic (exact) mass is 262 g/mol. The minimum absolute atomic E-state index is 0.0846. The molecule has 0 amide bonds. The maximum atomic E-state index is 11.2. The van der Waals surface area contributed by atoms with E-state index in [2.05, 4.69) is 6.92 Å². The van der Waals surface area contributed by atoms with Gasteiger partial charge in [-0.2, -0.15) is 0 Å². The van der Waals surface area contributed by atoms with Crippen molar-refractivity contribution in [3.63, 3.8) is 0 Å². The lowest BCUT2D eigenvalue weighted by Crippen LogP contribution is -1.99. The van der Waals surface area contributed by atoms with Gasteiger partial charge in [0.15, 0.2) is 5.78 Å². The Morgan fingerprint density at radius 3 is 2.42 bits per heavy atom. The van der Waals surface area contributed by atoms with Crippen molar-refractivity contribution in [1.82, 2.24) is 0 Å². The predicted octanol–water partition coefficient (Wildman–Crippen LogP) is 5.02. The minimum Gasteiger partial charge on any atom is -0.494 e. The van der Waals surface area contributed by atoms with Crippen molar-refractivity contribution in [3.05, 3.63) is 29.8 Å². The Balaban J connectivity index is 2.12. The van der Waals surface area contributed by atoms with Gasteiger partial charge in [0.05, 0.1) is 6.61 Å². The fourth-order valence-electron chi connectivity index (χ4n) is 2.05. The number of carbonyl (C=O) groups excluding carboxylic acids is 1. The first-order chi connectivity index (χ1) is 9.24. The van der Waals surface area contributed by atoms with Crippen LogP contribution in [0.5, 0.6) is 5.75 Å². The molecule has 106 valence electrons. The molecule has 0 aliphatic rings. The minimum atomic E-state index is 0.0846. The standard InChI is InChI=1S/C17H26O2/c1-3-4-5-6-7-8-9-13-19-17-12-10-11-16(14-17)15(2)18/h10-12,14H,3-9,13H2,1-2H3. The molecule has 19 heavy (non-hydrogen) atoms. The quantitative estimate of drug-likeness (QED) is 0.437. The fraction of sp³-hybridized carbons (Fsp3) is 0.588. The van der Waals surface area contributed by atoms with Crippen LogP contribution >= 0.6 is 0 Å². The summed E-state index contributed by atoms with van der Waals surface area (Å²) < 4.78 is 5.67. The normalized spacial score (nSPS) is 10.4. The predicted molar refractivity (Wildman–Crippen MR) is 79.9 cm³/mol. The second kappa shape index (κ2) is 9.60. The Kier molecular flexibility index (Phi) is 7.95. The van der Waals surface area contributed by atoms with Gasteiger partial charge < -0.3 is 4.74 Å². The van der Waals surface area contributed by atoms with Crippen LogP contribution in [0.3, 0.4) is 0 Å². The molecule has 0 atom stereocenters. The summed E-state index contributed by atoms with van der Waals surface area (Å²) in [6, 6.07) is 7.43. The lowest BCUT2D eigenvalue weighted by Gasteiger charge is -2.07. The van der Waals surface area contributed by atoms with Crippen molar-refractivity contribution in [2.75, 3.05) is 6.61 Å². The van der Waals surface area contributed by atoms with Crippen molar-refractivity contribution in [1.29, 1.82) is 0 Å². The van der Waals surface area contributed by atoms with E-state index in [4.69, 9.17) is 4.74 Å². The Morgan fingerprint density at radius 2 is 1.74 bits per heavy atom. The largest absolute Gasteiger partial charge is 0.494 e. The van der Waals surface area contributed by atoms with Gasteiger partial charge >= 0.3 is 0 Å². The molecule has 0 spiro atoms. The van der Waals surface area contributed by atoms with Gasteiger partial charge in [-0.1, -0.05) is 57.6 Å². The van der Waals surface area contributed by atoms with E-state index in [-0.39, 0.29) is 5.78 Å². The first kappa shape index (κ1) is 15.7. The van der Waals surface area contributed by atoms with E-state index in [9.17, 15) is 4.79 Å². The van der Waals surface area contributed by atoms with E-state index in [0.717, 1.165) is 24.3 Å². The SMILES string of the molecule is CCCCCCCCCOc1cccc(C(C)=O)c1. The number of hydrogen-bond donors (Lipinski definition) is 0. The van der Waals surface area contributed by atoms with Gasteiger partial charge in [0.25, 0.3) is 0 Å². The third-order valence-corrected chi connectivity index (χ3v) is 3.26. The van der Waals surface area contributed by atoms with E-state index < -0.39 is 0 Å². The number of benzene rings is 1. The van der Waals surface area contributed by atoms with Gasteiger partial charge in [-0.25, -0.2) is 0 Å². The number of carbonyl (C=O) groups is 1. The summed E-state index contributed by atoms with van der Waals surface area (Å²) in [5, 5.41) is 0. The third-order valence-electron chi connectivity index (χ3n) is 3.26. The molecule has 0 radical (unpaired) electrons. The van der Waals surface area contributed by atoms with E-state index in [0.29, 0.717) is 0 Å². The van der Waals surface area contributed by atoms with E-state index in [1.165, 1.54) is 38.5 Å². The van der Waals surface area contributed by atoms with Crippen molar-refractivity contribution < 1.29 is 9.53 Å². The number of ether oxygens (including phenoxy) is 1.